The number of benzene rings is 1. The van der Waals surface area contributed by atoms with Crippen LogP contribution >= 0.6 is 0 Å². The number of para-hydroxylation sites is 1. The first kappa shape index (κ1) is 17.3. The van der Waals surface area contributed by atoms with E-state index < -0.39 is 0 Å². The summed E-state index contributed by atoms with van der Waals surface area (Å²) < 4.78 is 7.32. The third-order valence-electron chi connectivity index (χ3n) is 4.84. The molecule has 5 nitrogen and oxygen atoms in total. The van der Waals surface area contributed by atoms with Gasteiger partial charge < -0.3 is 14.6 Å². The first-order valence-corrected chi connectivity index (χ1v) is 8.69. The van der Waals surface area contributed by atoms with E-state index in [1.807, 2.05) is 38.1 Å². The van der Waals surface area contributed by atoms with Crippen molar-refractivity contribution in [2.75, 3.05) is 13.2 Å². The maximum absolute atomic E-state index is 12.5. The monoisotopic (exact) mass is 340 g/mol. The summed E-state index contributed by atoms with van der Waals surface area (Å²) in [6, 6.07) is 9.66. The molecule has 1 N–H and O–H groups in total. The van der Waals surface area contributed by atoms with Crippen LogP contribution in [0, 0.1) is 12.8 Å². The summed E-state index contributed by atoms with van der Waals surface area (Å²) in [6.45, 7) is 5.00. The Bertz CT molecular complexity index is 855. The van der Waals surface area contributed by atoms with Gasteiger partial charge in [0.25, 0.3) is 11.5 Å². The molecule has 0 spiro atoms. The van der Waals surface area contributed by atoms with E-state index in [1.165, 1.54) is 0 Å². The van der Waals surface area contributed by atoms with Gasteiger partial charge in [-0.05, 0) is 43.0 Å². The highest BCUT2D eigenvalue weighted by Gasteiger charge is 2.21. The minimum Gasteiger partial charge on any atom is -0.493 e. The van der Waals surface area contributed by atoms with E-state index in [1.54, 1.807) is 17.7 Å². The maximum atomic E-state index is 12.5. The van der Waals surface area contributed by atoms with Crippen LogP contribution in [0.1, 0.15) is 34.1 Å². The number of hydrogen-bond donors (Lipinski definition) is 1. The zero-order valence-corrected chi connectivity index (χ0v) is 15.0. The summed E-state index contributed by atoms with van der Waals surface area (Å²) in [5.41, 5.74) is 3.04. The first-order chi connectivity index (χ1) is 12.0. The lowest BCUT2D eigenvalue weighted by Crippen LogP contribution is -2.38. The van der Waals surface area contributed by atoms with Crippen molar-refractivity contribution in [3.8, 4) is 5.75 Å². The van der Waals surface area contributed by atoms with Crippen molar-refractivity contribution < 1.29 is 9.53 Å². The molecule has 1 aromatic heterocycles. The Hall–Kier alpha value is -2.56. The van der Waals surface area contributed by atoms with Gasteiger partial charge in [-0.1, -0.05) is 25.1 Å². The summed E-state index contributed by atoms with van der Waals surface area (Å²) >= 11 is 0. The largest absolute Gasteiger partial charge is 0.493 e. The fraction of sp³-hybridized carbons (Fsp3) is 0.400. The van der Waals surface area contributed by atoms with E-state index in [9.17, 15) is 9.59 Å². The first-order valence-electron chi connectivity index (χ1n) is 8.69. The number of aromatic nitrogens is 1. The van der Waals surface area contributed by atoms with E-state index in [-0.39, 0.29) is 22.9 Å². The van der Waals surface area contributed by atoms with Crippen molar-refractivity contribution in [1.29, 1.82) is 0 Å². The summed E-state index contributed by atoms with van der Waals surface area (Å²) in [7, 11) is 1.72. The molecule has 1 aliphatic heterocycles. The Morgan fingerprint density at radius 1 is 1.36 bits per heavy atom. The lowest BCUT2D eigenvalue weighted by atomic mass is 9.96. The molecule has 1 unspecified atom stereocenters. The number of ether oxygens (including phenoxy) is 1. The Labute approximate surface area is 147 Å². The number of carbonyl (C=O) groups excluding carboxylic acids is 1. The maximum Gasteiger partial charge on any atom is 0.263 e. The van der Waals surface area contributed by atoms with Gasteiger partial charge in [0.1, 0.15) is 11.3 Å². The minimum atomic E-state index is -0.315. The van der Waals surface area contributed by atoms with Crippen molar-refractivity contribution in [2.45, 2.75) is 26.7 Å². The summed E-state index contributed by atoms with van der Waals surface area (Å²) in [5.74, 6) is 0.814. The number of fused-ring (bicyclic) bond motifs is 1. The predicted molar refractivity (Wildman–Crippen MR) is 97.3 cm³/mol. The molecular weight excluding hydrogens is 316 g/mol. The number of pyridine rings is 1. The molecule has 1 amide bonds. The summed E-state index contributed by atoms with van der Waals surface area (Å²) in [4.78, 5) is 24.9. The van der Waals surface area contributed by atoms with Gasteiger partial charge in [0, 0.05) is 25.2 Å². The van der Waals surface area contributed by atoms with Gasteiger partial charge in [-0.25, -0.2) is 0 Å². The molecule has 3 rings (SSSR count). The smallest absolute Gasteiger partial charge is 0.263 e. The van der Waals surface area contributed by atoms with Crippen LogP contribution in [-0.4, -0.2) is 23.6 Å². The Balaban J connectivity index is 1.69. The average Bonchev–Trinajstić information content (AvgIpc) is 2.63. The summed E-state index contributed by atoms with van der Waals surface area (Å²) in [6.07, 6.45) is 1.63. The van der Waals surface area contributed by atoms with Crippen LogP contribution in [0.2, 0.25) is 0 Å². The van der Waals surface area contributed by atoms with Crippen molar-refractivity contribution in [3.63, 3.8) is 0 Å². The van der Waals surface area contributed by atoms with Crippen molar-refractivity contribution >= 4 is 5.91 Å². The van der Waals surface area contributed by atoms with Gasteiger partial charge in [0.2, 0.25) is 0 Å². The lowest BCUT2D eigenvalue weighted by molar-refractivity contribution is 0.0937. The Kier molecular flexibility index (Phi) is 4.93. The number of carbonyl (C=O) groups is 1. The third-order valence-corrected chi connectivity index (χ3v) is 4.84. The highest BCUT2D eigenvalue weighted by atomic mass is 16.5. The Morgan fingerprint density at radius 2 is 2.12 bits per heavy atom. The topological polar surface area (TPSA) is 60.3 Å². The molecule has 0 saturated heterocycles. The molecule has 2 aromatic rings. The van der Waals surface area contributed by atoms with Gasteiger partial charge in [0.05, 0.1) is 6.61 Å². The molecule has 0 fully saturated rings. The van der Waals surface area contributed by atoms with Crippen molar-refractivity contribution in [2.24, 2.45) is 13.0 Å². The number of hydrogen-bond acceptors (Lipinski definition) is 3. The fourth-order valence-electron chi connectivity index (χ4n) is 3.46. The zero-order chi connectivity index (χ0) is 18.0. The number of rotatable bonds is 4. The number of aryl methyl sites for hydroxylation is 1. The quantitative estimate of drug-likeness (QED) is 0.928. The molecule has 1 aromatic carbocycles. The third kappa shape index (κ3) is 3.45. The normalized spacial score (nSPS) is 16.0. The lowest BCUT2D eigenvalue weighted by Gasteiger charge is -2.25. The molecule has 0 saturated carbocycles. The summed E-state index contributed by atoms with van der Waals surface area (Å²) in [5, 5.41) is 2.90. The van der Waals surface area contributed by atoms with Crippen molar-refractivity contribution in [1.82, 2.24) is 9.88 Å². The van der Waals surface area contributed by atoms with Crippen LogP contribution < -0.4 is 15.6 Å². The van der Waals surface area contributed by atoms with Crippen LogP contribution in [0.15, 0.2) is 35.1 Å². The van der Waals surface area contributed by atoms with Crippen LogP contribution in [0.25, 0.3) is 0 Å². The molecule has 1 atom stereocenters. The van der Waals surface area contributed by atoms with Gasteiger partial charge >= 0.3 is 0 Å². The highest BCUT2D eigenvalue weighted by Crippen LogP contribution is 2.26. The average molecular weight is 340 g/mol. The molecule has 1 aliphatic rings. The van der Waals surface area contributed by atoms with Crippen LogP contribution in [0.4, 0.5) is 0 Å². The van der Waals surface area contributed by atoms with Crippen LogP contribution in [-0.2, 0) is 19.9 Å². The van der Waals surface area contributed by atoms with Gasteiger partial charge in [-0.3, -0.25) is 9.59 Å². The minimum absolute atomic E-state index is 0.203. The predicted octanol–water partition coefficient (Wildman–Crippen LogP) is 2.24. The second-order valence-electron chi connectivity index (χ2n) is 6.60. The van der Waals surface area contributed by atoms with E-state index >= 15 is 0 Å². The van der Waals surface area contributed by atoms with Crippen LogP contribution in [0.3, 0.4) is 0 Å². The Morgan fingerprint density at radius 3 is 2.88 bits per heavy atom. The molecule has 0 bridgehead atoms. The van der Waals surface area contributed by atoms with Gasteiger partial charge in [-0.15, -0.1) is 0 Å². The molecule has 2 heterocycles. The van der Waals surface area contributed by atoms with Crippen LogP contribution in [0.5, 0.6) is 5.75 Å². The molecule has 0 radical (unpaired) electrons. The SMILES string of the molecule is CCc1c(C)cc(C(=O)NCC2COc3ccccc3C2)c(=O)n1C. The second-order valence-corrected chi connectivity index (χ2v) is 6.60. The van der Waals surface area contributed by atoms with E-state index in [0.717, 1.165) is 35.4 Å². The second kappa shape index (κ2) is 7.13. The fourth-order valence-corrected chi connectivity index (χ4v) is 3.46. The number of nitrogens with zero attached hydrogens (tertiary/aromatic N) is 1. The number of amides is 1. The molecule has 25 heavy (non-hydrogen) atoms. The van der Waals surface area contributed by atoms with E-state index in [0.29, 0.717) is 13.2 Å². The van der Waals surface area contributed by atoms with Crippen molar-refractivity contribution in [3.05, 3.63) is 63.1 Å². The van der Waals surface area contributed by atoms with E-state index in [2.05, 4.69) is 5.32 Å². The molecular formula is C20H24N2O3. The van der Waals surface area contributed by atoms with E-state index in [4.69, 9.17) is 4.74 Å². The molecule has 0 aliphatic carbocycles. The standard InChI is InChI=1S/C20H24N2O3/c1-4-17-13(2)9-16(20(24)22(17)3)19(23)21-11-14-10-15-7-5-6-8-18(15)25-12-14/h5-9,14H,4,10-12H2,1-3H3,(H,21,23). The molecule has 132 valence electrons. The zero-order valence-electron chi connectivity index (χ0n) is 15.0. The van der Waals surface area contributed by atoms with Gasteiger partial charge in [-0.2, -0.15) is 0 Å². The molecule has 5 heteroatoms. The van der Waals surface area contributed by atoms with Gasteiger partial charge in [0.15, 0.2) is 0 Å². The number of nitrogens with one attached hydrogen (secondary N) is 1. The highest BCUT2D eigenvalue weighted by molar-refractivity contribution is 5.94.